The van der Waals surface area contributed by atoms with Crippen LogP contribution in [-0.4, -0.2) is 23.5 Å². The van der Waals surface area contributed by atoms with Gasteiger partial charge in [0.1, 0.15) is 0 Å². The Morgan fingerprint density at radius 3 is 2.15 bits per heavy atom. The van der Waals surface area contributed by atoms with E-state index >= 15 is 0 Å². The highest BCUT2D eigenvalue weighted by Gasteiger charge is 2.32. The standard InChI is InChI=1S/C20H18N2O3S/c1-13-3-7-15(8-4-13)21-18(23)12-26-17-11-19(24)22(20(17)25)16-9-5-14(2)6-10-16/h3-11H,12H2,1-2H3,(H,21,23). The van der Waals surface area contributed by atoms with Gasteiger partial charge in [-0.05, 0) is 38.1 Å². The van der Waals surface area contributed by atoms with Crippen LogP contribution in [-0.2, 0) is 14.4 Å². The summed E-state index contributed by atoms with van der Waals surface area (Å²) in [6.45, 7) is 3.90. The van der Waals surface area contributed by atoms with Gasteiger partial charge in [-0.25, -0.2) is 4.90 Å². The summed E-state index contributed by atoms with van der Waals surface area (Å²) in [6, 6.07) is 14.6. The van der Waals surface area contributed by atoms with Crippen molar-refractivity contribution in [3.8, 4) is 0 Å². The van der Waals surface area contributed by atoms with Crippen molar-refractivity contribution in [3.63, 3.8) is 0 Å². The van der Waals surface area contributed by atoms with Gasteiger partial charge in [0.2, 0.25) is 5.91 Å². The maximum absolute atomic E-state index is 12.5. The van der Waals surface area contributed by atoms with Crippen molar-refractivity contribution >= 4 is 40.9 Å². The fourth-order valence-electron chi connectivity index (χ4n) is 2.47. The lowest BCUT2D eigenvalue weighted by atomic mass is 10.2. The minimum Gasteiger partial charge on any atom is -0.325 e. The van der Waals surface area contributed by atoms with E-state index in [1.165, 1.54) is 6.08 Å². The predicted molar refractivity (Wildman–Crippen MR) is 104 cm³/mol. The number of carbonyl (C=O) groups excluding carboxylic acids is 3. The molecule has 0 fully saturated rings. The minimum absolute atomic E-state index is 0.0560. The zero-order chi connectivity index (χ0) is 18.7. The first-order chi connectivity index (χ1) is 12.4. The van der Waals surface area contributed by atoms with E-state index in [0.717, 1.165) is 27.8 Å². The monoisotopic (exact) mass is 366 g/mol. The molecule has 0 unspecified atom stereocenters. The van der Waals surface area contributed by atoms with Crippen molar-refractivity contribution in [2.75, 3.05) is 16.0 Å². The normalized spacial score (nSPS) is 13.8. The van der Waals surface area contributed by atoms with Gasteiger partial charge in [-0.15, -0.1) is 11.8 Å². The molecule has 1 aliphatic rings. The molecule has 5 nitrogen and oxygen atoms in total. The summed E-state index contributed by atoms with van der Waals surface area (Å²) >= 11 is 1.06. The Labute approximate surface area is 156 Å². The van der Waals surface area contributed by atoms with Gasteiger partial charge >= 0.3 is 0 Å². The van der Waals surface area contributed by atoms with Gasteiger partial charge < -0.3 is 5.32 Å². The first kappa shape index (κ1) is 17.9. The van der Waals surface area contributed by atoms with Crippen molar-refractivity contribution < 1.29 is 14.4 Å². The van der Waals surface area contributed by atoms with Crippen molar-refractivity contribution in [1.29, 1.82) is 0 Å². The lowest BCUT2D eigenvalue weighted by Gasteiger charge is -2.14. The molecule has 3 rings (SSSR count). The quantitative estimate of drug-likeness (QED) is 0.824. The van der Waals surface area contributed by atoms with E-state index in [4.69, 9.17) is 0 Å². The third-order valence-electron chi connectivity index (χ3n) is 3.88. The molecule has 2 aromatic rings. The Hall–Kier alpha value is -2.86. The molecular weight excluding hydrogens is 348 g/mol. The molecule has 0 saturated heterocycles. The van der Waals surface area contributed by atoms with Crippen LogP contribution in [0.15, 0.2) is 59.5 Å². The zero-order valence-corrected chi connectivity index (χ0v) is 15.3. The van der Waals surface area contributed by atoms with Gasteiger partial charge in [-0.1, -0.05) is 35.4 Å². The molecule has 1 N–H and O–H groups in total. The van der Waals surface area contributed by atoms with Gasteiger partial charge in [0, 0.05) is 11.8 Å². The number of nitrogens with zero attached hydrogens (tertiary/aromatic N) is 1. The molecule has 26 heavy (non-hydrogen) atoms. The van der Waals surface area contributed by atoms with Crippen LogP contribution in [0.1, 0.15) is 11.1 Å². The first-order valence-corrected chi connectivity index (χ1v) is 9.09. The van der Waals surface area contributed by atoms with Crippen LogP contribution >= 0.6 is 11.8 Å². The number of imide groups is 1. The van der Waals surface area contributed by atoms with Crippen LogP contribution in [0.5, 0.6) is 0 Å². The highest BCUT2D eigenvalue weighted by molar-refractivity contribution is 8.04. The SMILES string of the molecule is Cc1ccc(NC(=O)CSC2=CC(=O)N(c3ccc(C)cc3)C2=O)cc1. The van der Waals surface area contributed by atoms with E-state index in [-0.39, 0.29) is 22.5 Å². The Balaban J connectivity index is 1.60. The summed E-state index contributed by atoms with van der Waals surface area (Å²) in [5.41, 5.74) is 3.38. The maximum atomic E-state index is 12.5. The minimum atomic E-state index is -0.396. The number of hydrogen-bond donors (Lipinski definition) is 1. The molecule has 0 bridgehead atoms. The molecular formula is C20H18N2O3S. The molecule has 0 radical (unpaired) electrons. The Kier molecular flexibility index (Phi) is 5.23. The predicted octanol–water partition coefficient (Wildman–Crippen LogP) is 3.43. The average molecular weight is 366 g/mol. The van der Waals surface area contributed by atoms with E-state index in [1.54, 1.807) is 12.1 Å². The van der Waals surface area contributed by atoms with Crippen molar-refractivity contribution in [1.82, 2.24) is 0 Å². The Morgan fingerprint density at radius 2 is 1.54 bits per heavy atom. The van der Waals surface area contributed by atoms with E-state index in [9.17, 15) is 14.4 Å². The highest BCUT2D eigenvalue weighted by Crippen LogP contribution is 2.29. The van der Waals surface area contributed by atoms with Gasteiger partial charge in [-0.2, -0.15) is 0 Å². The second-order valence-corrected chi connectivity index (χ2v) is 7.04. The van der Waals surface area contributed by atoms with Crippen molar-refractivity contribution in [2.24, 2.45) is 0 Å². The van der Waals surface area contributed by atoms with Crippen LogP contribution < -0.4 is 10.2 Å². The first-order valence-electron chi connectivity index (χ1n) is 8.10. The third-order valence-corrected chi connectivity index (χ3v) is 4.89. The molecule has 6 heteroatoms. The molecule has 1 heterocycles. The van der Waals surface area contributed by atoms with Gasteiger partial charge in [0.15, 0.2) is 0 Å². The summed E-state index contributed by atoms with van der Waals surface area (Å²) < 4.78 is 0. The van der Waals surface area contributed by atoms with Crippen LogP contribution in [0.3, 0.4) is 0 Å². The zero-order valence-electron chi connectivity index (χ0n) is 14.5. The number of hydrogen-bond acceptors (Lipinski definition) is 4. The molecule has 0 spiro atoms. The number of rotatable bonds is 5. The molecule has 0 aliphatic carbocycles. The average Bonchev–Trinajstić information content (AvgIpc) is 2.90. The van der Waals surface area contributed by atoms with E-state index in [0.29, 0.717) is 11.4 Å². The van der Waals surface area contributed by atoms with E-state index in [1.807, 2.05) is 50.2 Å². The smallest absolute Gasteiger partial charge is 0.271 e. The maximum Gasteiger partial charge on any atom is 0.271 e. The summed E-state index contributed by atoms with van der Waals surface area (Å²) in [5.74, 6) is -0.957. The molecule has 0 saturated carbocycles. The number of nitrogens with one attached hydrogen (secondary N) is 1. The number of thioether (sulfide) groups is 1. The Bertz CT molecular complexity index is 886. The van der Waals surface area contributed by atoms with Gasteiger partial charge in [0.05, 0.1) is 16.3 Å². The van der Waals surface area contributed by atoms with Gasteiger partial charge in [-0.3, -0.25) is 14.4 Å². The summed E-state index contributed by atoms with van der Waals surface area (Å²) in [6.07, 6.45) is 1.28. The van der Waals surface area contributed by atoms with Crippen LogP contribution in [0.25, 0.3) is 0 Å². The van der Waals surface area contributed by atoms with Crippen LogP contribution in [0.4, 0.5) is 11.4 Å². The van der Waals surface area contributed by atoms with Crippen molar-refractivity contribution in [2.45, 2.75) is 13.8 Å². The number of carbonyl (C=O) groups is 3. The lowest BCUT2D eigenvalue weighted by molar-refractivity contribution is -0.120. The lowest BCUT2D eigenvalue weighted by Crippen LogP contribution is -2.30. The topological polar surface area (TPSA) is 66.5 Å². The molecule has 0 aromatic heterocycles. The fraction of sp³-hybridized carbons (Fsp3) is 0.150. The van der Waals surface area contributed by atoms with E-state index < -0.39 is 5.91 Å². The van der Waals surface area contributed by atoms with Gasteiger partial charge in [0.25, 0.3) is 11.8 Å². The Morgan fingerprint density at radius 1 is 0.962 bits per heavy atom. The number of amides is 3. The summed E-state index contributed by atoms with van der Waals surface area (Å²) in [4.78, 5) is 38.1. The molecule has 1 aliphatic heterocycles. The molecule has 2 aromatic carbocycles. The van der Waals surface area contributed by atoms with Crippen molar-refractivity contribution in [3.05, 3.63) is 70.6 Å². The number of benzene rings is 2. The molecule has 132 valence electrons. The molecule has 0 atom stereocenters. The van der Waals surface area contributed by atoms with Crippen LogP contribution in [0.2, 0.25) is 0 Å². The second kappa shape index (κ2) is 7.58. The number of anilines is 2. The summed E-state index contributed by atoms with van der Waals surface area (Å²) in [7, 11) is 0. The second-order valence-electron chi connectivity index (χ2n) is 6.03. The number of aryl methyl sites for hydroxylation is 2. The molecule has 3 amide bonds. The third kappa shape index (κ3) is 4.03. The summed E-state index contributed by atoms with van der Waals surface area (Å²) in [5, 5.41) is 2.77. The largest absolute Gasteiger partial charge is 0.325 e. The highest BCUT2D eigenvalue weighted by atomic mass is 32.2. The van der Waals surface area contributed by atoms with Crippen LogP contribution in [0, 0.1) is 13.8 Å². The fourth-order valence-corrected chi connectivity index (χ4v) is 3.23. The van der Waals surface area contributed by atoms with E-state index in [2.05, 4.69) is 5.32 Å².